The Morgan fingerprint density at radius 1 is 0.867 bits per heavy atom. The second-order valence-corrected chi connectivity index (χ2v) is 17.6. The predicted molar refractivity (Wildman–Crippen MR) is 249 cm³/mol. The monoisotopic (exact) mass is 804 g/mol. The van der Waals surface area contributed by atoms with E-state index in [2.05, 4.69) is 117 Å². The Labute approximate surface area is 358 Å². The molecule has 6 heteroatoms. The Balaban J connectivity index is 1.20. The molecule has 0 fully saturated rings. The Hall–Kier alpha value is -4.78. The van der Waals surface area contributed by atoms with E-state index in [4.69, 9.17) is 14.7 Å². The van der Waals surface area contributed by atoms with Crippen molar-refractivity contribution in [3.05, 3.63) is 148 Å². The molecule has 5 atom stereocenters. The number of unbranched alkanes of at least 4 members (excludes halogenated alkanes) is 2. The number of ether oxygens (including phenoxy) is 1. The van der Waals surface area contributed by atoms with E-state index >= 15 is 0 Å². The van der Waals surface area contributed by atoms with Gasteiger partial charge < -0.3 is 20.3 Å². The molecule has 0 bridgehead atoms. The molecule has 3 aromatic carbocycles. The van der Waals surface area contributed by atoms with Crippen LogP contribution in [0.15, 0.2) is 136 Å². The third-order valence-electron chi connectivity index (χ3n) is 13.6. The number of aryl methyl sites for hydroxylation is 1. The topological polar surface area (TPSA) is 86.4 Å². The lowest BCUT2D eigenvalue weighted by atomic mass is 9.64. The van der Waals surface area contributed by atoms with Gasteiger partial charge in [0.25, 0.3) is 0 Å². The Morgan fingerprint density at radius 3 is 2.35 bits per heavy atom. The van der Waals surface area contributed by atoms with Crippen molar-refractivity contribution >= 4 is 28.0 Å². The number of nitrogens with one attached hydrogen (secondary N) is 1. The molecule has 5 unspecified atom stereocenters. The van der Waals surface area contributed by atoms with Crippen molar-refractivity contribution in [2.45, 2.75) is 122 Å². The van der Waals surface area contributed by atoms with Crippen molar-refractivity contribution in [3.63, 3.8) is 0 Å². The Kier molecular flexibility index (Phi) is 13.5. The second kappa shape index (κ2) is 19.3. The van der Waals surface area contributed by atoms with Crippen molar-refractivity contribution < 1.29 is 14.9 Å². The summed E-state index contributed by atoms with van der Waals surface area (Å²) in [6.07, 6.45) is 29.7. The summed E-state index contributed by atoms with van der Waals surface area (Å²) in [6, 6.07) is 23.1. The number of aliphatic hydroxyl groups excluding tert-OH is 2. The maximum atomic E-state index is 11.0. The van der Waals surface area contributed by atoms with Gasteiger partial charge in [0, 0.05) is 18.1 Å². The first kappa shape index (κ1) is 41.9. The third-order valence-corrected chi connectivity index (χ3v) is 13.6. The van der Waals surface area contributed by atoms with E-state index in [9.17, 15) is 10.2 Å². The highest BCUT2D eigenvalue weighted by molar-refractivity contribution is 6.10. The number of fused-ring (bicyclic) bond motifs is 4. The van der Waals surface area contributed by atoms with Gasteiger partial charge in [-0.3, -0.25) is 0 Å². The van der Waals surface area contributed by atoms with Crippen LogP contribution >= 0.6 is 0 Å². The van der Waals surface area contributed by atoms with Gasteiger partial charge in [0.05, 0.1) is 12.0 Å². The van der Waals surface area contributed by atoms with E-state index in [1.165, 1.54) is 69.0 Å². The lowest BCUT2D eigenvalue weighted by Gasteiger charge is -2.37. The molecule has 1 heterocycles. The zero-order valence-corrected chi connectivity index (χ0v) is 36.1. The number of aliphatic hydroxyl groups is 2. The third kappa shape index (κ3) is 8.56. The van der Waals surface area contributed by atoms with Gasteiger partial charge in [-0.15, -0.1) is 0 Å². The van der Waals surface area contributed by atoms with Gasteiger partial charge >= 0.3 is 0 Å². The zero-order chi connectivity index (χ0) is 41.5. The first-order chi connectivity index (χ1) is 29.5. The standard InChI is InChI=1S/C54H65N3O3/c1-4-7-16-37(6-3)36-60-53-56-51(55-52(57-53)45-22-14-15-23-50(45)59)42-28-31-48-46(33-42)47-32-40-18-12-13-19-41(40)34-49(47)54(48,43-20-10-9-11-21-43)44-29-26-38(27-30-44)24-25-39(35-58)17-8-5-2/h10,12-13,15,18-21,23,26-27,29-34,37,39,42,53,58-59H,4-9,11,14,16-17,22,24-25,28,35-36H2,1-3H3,(H,55,56,57). The molecule has 4 aliphatic carbocycles. The summed E-state index contributed by atoms with van der Waals surface area (Å²) in [7, 11) is 0. The minimum Gasteiger partial charge on any atom is -0.508 e. The second-order valence-electron chi connectivity index (χ2n) is 17.6. The quantitative estimate of drug-likeness (QED) is 0.120. The molecule has 0 spiro atoms. The number of rotatable bonds is 18. The molecule has 6 nitrogen and oxygen atoms in total. The number of allylic oxidation sites excluding steroid dienone is 9. The summed E-state index contributed by atoms with van der Waals surface area (Å²) in [4.78, 5) is 10.2. The zero-order valence-electron chi connectivity index (χ0n) is 36.1. The van der Waals surface area contributed by atoms with E-state index in [0.717, 1.165) is 75.6 Å². The minimum atomic E-state index is -0.576. The van der Waals surface area contributed by atoms with Gasteiger partial charge in [-0.2, -0.15) is 0 Å². The Bertz CT molecular complexity index is 2270. The fourth-order valence-corrected chi connectivity index (χ4v) is 10.1. The average molecular weight is 804 g/mol. The SMILES string of the molecule is CCCCC(CO)CCc1ccc(C2(C3=CCCC=C3)C3=CCC(C4=NC(C5=C(O)C=CCC5)=NC(OCC(CC)CCCC)N4)C=C3c3cc4ccccc4cc32)cc1. The van der Waals surface area contributed by atoms with Crippen LogP contribution in [-0.2, 0) is 16.6 Å². The van der Waals surface area contributed by atoms with Crippen LogP contribution in [-0.4, -0.2) is 41.4 Å². The van der Waals surface area contributed by atoms with Crippen LogP contribution in [0.3, 0.4) is 0 Å². The predicted octanol–water partition coefficient (Wildman–Crippen LogP) is 12.6. The van der Waals surface area contributed by atoms with E-state index in [1.807, 2.05) is 6.08 Å². The minimum absolute atomic E-state index is 0.0372. The maximum Gasteiger partial charge on any atom is 0.228 e. The normalized spacial score (nSPS) is 23.2. The molecule has 0 aromatic heterocycles. The summed E-state index contributed by atoms with van der Waals surface area (Å²) in [5, 5.41) is 27.2. The number of hydrogen-bond acceptors (Lipinski definition) is 6. The van der Waals surface area contributed by atoms with Crippen molar-refractivity contribution in [2.24, 2.45) is 27.7 Å². The first-order valence-electron chi connectivity index (χ1n) is 23.1. The number of amidine groups is 2. The summed E-state index contributed by atoms with van der Waals surface area (Å²) >= 11 is 0. The molecule has 314 valence electrons. The smallest absolute Gasteiger partial charge is 0.228 e. The van der Waals surface area contributed by atoms with Crippen LogP contribution in [0.5, 0.6) is 0 Å². The van der Waals surface area contributed by atoms with Gasteiger partial charge in [0.1, 0.15) is 11.6 Å². The molecular formula is C54H65N3O3. The lowest BCUT2D eigenvalue weighted by Crippen LogP contribution is -2.44. The van der Waals surface area contributed by atoms with Crippen LogP contribution in [0.25, 0.3) is 16.3 Å². The fourth-order valence-electron chi connectivity index (χ4n) is 10.1. The molecular weight excluding hydrogens is 739 g/mol. The number of aliphatic imine (C=N–C) groups is 2. The van der Waals surface area contributed by atoms with Crippen LogP contribution < -0.4 is 5.32 Å². The lowest BCUT2D eigenvalue weighted by molar-refractivity contribution is 0.0211. The maximum absolute atomic E-state index is 11.0. The van der Waals surface area contributed by atoms with Crippen molar-refractivity contribution in [3.8, 4) is 0 Å². The van der Waals surface area contributed by atoms with Gasteiger partial charge in [-0.25, -0.2) is 9.98 Å². The van der Waals surface area contributed by atoms with Crippen LogP contribution in [0.4, 0.5) is 0 Å². The van der Waals surface area contributed by atoms with E-state index < -0.39 is 11.8 Å². The molecule has 3 aromatic rings. The van der Waals surface area contributed by atoms with Gasteiger partial charge in [0.2, 0.25) is 6.35 Å². The molecule has 60 heavy (non-hydrogen) atoms. The summed E-state index contributed by atoms with van der Waals surface area (Å²) in [5.41, 5.74) is 9.46. The van der Waals surface area contributed by atoms with Crippen LogP contribution in [0.2, 0.25) is 0 Å². The van der Waals surface area contributed by atoms with E-state index in [1.54, 1.807) is 6.08 Å². The molecule has 0 radical (unpaired) electrons. The van der Waals surface area contributed by atoms with Crippen molar-refractivity contribution in [2.75, 3.05) is 13.2 Å². The molecule has 0 amide bonds. The number of benzene rings is 3. The summed E-state index contributed by atoms with van der Waals surface area (Å²) < 4.78 is 6.57. The highest BCUT2D eigenvalue weighted by Crippen LogP contribution is 2.60. The van der Waals surface area contributed by atoms with Gasteiger partial charge in [-0.05, 0) is 138 Å². The summed E-state index contributed by atoms with van der Waals surface area (Å²) in [6.45, 7) is 7.60. The molecule has 5 aliphatic rings. The Morgan fingerprint density at radius 2 is 1.63 bits per heavy atom. The van der Waals surface area contributed by atoms with Crippen molar-refractivity contribution in [1.29, 1.82) is 0 Å². The highest BCUT2D eigenvalue weighted by atomic mass is 16.5. The molecule has 1 aliphatic heterocycles. The van der Waals surface area contributed by atoms with Gasteiger partial charge in [-0.1, -0.05) is 138 Å². The van der Waals surface area contributed by atoms with E-state index in [-0.39, 0.29) is 18.3 Å². The van der Waals surface area contributed by atoms with E-state index in [0.29, 0.717) is 30.7 Å². The molecule has 3 N–H and O–H groups in total. The number of hydrogen-bond donors (Lipinski definition) is 3. The van der Waals surface area contributed by atoms with Crippen molar-refractivity contribution in [1.82, 2.24) is 5.32 Å². The molecule has 0 saturated heterocycles. The summed E-state index contributed by atoms with van der Waals surface area (Å²) in [5.74, 6) is 2.44. The highest BCUT2D eigenvalue weighted by Gasteiger charge is 2.50. The average Bonchev–Trinajstić information content (AvgIpc) is 3.58. The van der Waals surface area contributed by atoms with Gasteiger partial charge in [0.15, 0.2) is 5.84 Å². The fraction of sp³-hybridized carbons (Fsp3) is 0.444. The largest absolute Gasteiger partial charge is 0.508 e. The van der Waals surface area contributed by atoms with Crippen LogP contribution in [0, 0.1) is 17.8 Å². The first-order valence-corrected chi connectivity index (χ1v) is 23.1. The number of nitrogens with zero attached hydrogens (tertiary/aromatic N) is 2. The molecule has 8 rings (SSSR count). The molecule has 0 saturated carbocycles. The van der Waals surface area contributed by atoms with Crippen LogP contribution in [0.1, 0.15) is 126 Å².